The summed E-state index contributed by atoms with van der Waals surface area (Å²) in [6.07, 6.45) is 9.30. The van der Waals surface area contributed by atoms with Crippen LogP contribution in [0.25, 0.3) is 0 Å². The van der Waals surface area contributed by atoms with Crippen molar-refractivity contribution in [1.82, 2.24) is 5.32 Å². The summed E-state index contributed by atoms with van der Waals surface area (Å²) in [5.41, 5.74) is 5.30. The van der Waals surface area contributed by atoms with Crippen molar-refractivity contribution in [1.29, 1.82) is 0 Å². The summed E-state index contributed by atoms with van der Waals surface area (Å²) in [5.74, 6) is 2.02. The highest BCUT2D eigenvalue weighted by molar-refractivity contribution is 5.94. The molecule has 0 aromatic heterocycles. The summed E-state index contributed by atoms with van der Waals surface area (Å²) in [6, 6.07) is 0. The second kappa shape index (κ2) is 5.26. The first-order chi connectivity index (χ1) is 9.64. The molecule has 2 atom stereocenters. The van der Waals surface area contributed by atoms with Gasteiger partial charge in [0.2, 0.25) is 5.91 Å². The largest absolute Gasteiger partial charge is 0.409 e. The van der Waals surface area contributed by atoms with Crippen LogP contribution < -0.4 is 11.1 Å². The Morgan fingerprint density at radius 2 is 1.70 bits per heavy atom. The Kier molecular flexibility index (Phi) is 3.61. The molecule has 0 radical (unpaired) electrons. The number of amides is 1. The number of carbonyl (C=O) groups is 1. The summed E-state index contributed by atoms with van der Waals surface area (Å²) in [6.45, 7) is 0. The molecular weight excluding hydrogens is 254 g/mol. The van der Waals surface area contributed by atoms with Gasteiger partial charge >= 0.3 is 0 Å². The predicted molar refractivity (Wildman–Crippen MR) is 76.3 cm³/mol. The van der Waals surface area contributed by atoms with E-state index in [1.165, 1.54) is 6.42 Å². The van der Waals surface area contributed by atoms with Crippen LogP contribution in [0.3, 0.4) is 0 Å². The fourth-order valence-electron chi connectivity index (χ4n) is 4.14. The molecule has 1 amide bonds. The van der Waals surface area contributed by atoms with Gasteiger partial charge in [-0.15, -0.1) is 0 Å². The minimum absolute atomic E-state index is 0.116. The van der Waals surface area contributed by atoms with Crippen molar-refractivity contribution in [2.45, 2.75) is 63.3 Å². The fraction of sp³-hybridized carbons (Fsp3) is 0.867. The fourth-order valence-corrected chi connectivity index (χ4v) is 4.14. The number of carbonyl (C=O) groups excluding carboxylic acids is 1. The molecule has 3 saturated carbocycles. The van der Waals surface area contributed by atoms with E-state index in [0.717, 1.165) is 63.2 Å². The second-order valence-corrected chi connectivity index (χ2v) is 6.90. The topological polar surface area (TPSA) is 87.7 Å². The molecule has 5 heteroatoms. The number of hydrogen-bond donors (Lipinski definition) is 3. The van der Waals surface area contributed by atoms with Gasteiger partial charge in [-0.3, -0.25) is 4.79 Å². The van der Waals surface area contributed by atoms with E-state index >= 15 is 0 Å². The summed E-state index contributed by atoms with van der Waals surface area (Å²) in [7, 11) is 0. The van der Waals surface area contributed by atoms with Crippen molar-refractivity contribution >= 4 is 11.7 Å². The minimum Gasteiger partial charge on any atom is -0.409 e. The average molecular weight is 279 g/mol. The smallest absolute Gasteiger partial charge is 0.223 e. The normalized spacial score (nSPS) is 36.0. The van der Waals surface area contributed by atoms with Crippen LogP contribution in [-0.4, -0.2) is 22.5 Å². The van der Waals surface area contributed by atoms with Crippen LogP contribution in [-0.2, 0) is 4.79 Å². The molecular formula is C15H25N3O2. The van der Waals surface area contributed by atoms with Crippen molar-refractivity contribution in [3.63, 3.8) is 0 Å². The van der Waals surface area contributed by atoms with Crippen LogP contribution in [0, 0.1) is 17.8 Å². The number of nitrogens with two attached hydrogens (primary N) is 1. The van der Waals surface area contributed by atoms with Crippen LogP contribution >= 0.6 is 0 Å². The molecule has 2 unspecified atom stereocenters. The predicted octanol–water partition coefficient (Wildman–Crippen LogP) is 1.99. The molecule has 3 fully saturated rings. The highest BCUT2D eigenvalue weighted by Gasteiger charge is 2.49. The van der Waals surface area contributed by atoms with Crippen LogP contribution in [0.4, 0.5) is 0 Å². The first-order valence-electron chi connectivity index (χ1n) is 7.95. The highest BCUT2D eigenvalue weighted by Crippen LogP contribution is 2.54. The molecule has 0 spiro atoms. The van der Waals surface area contributed by atoms with Gasteiger partial charge in [0.1, 0.15) is 5.54 Å². The van der Waals surface area contributed by atoms with E-state index in [1.54, 1.807) is 0 Å². The lowest BCUT2D eigenvalue weighted by atomic mass is 9.87. The van der Waals surface area contributed by atoms with Gasteiger partial charge in [-0.05, 0) is 43.9 Å². The second-order valence-electron chi connectivity index (χ2n) is 6.90. The van der Waals surface area contributed by atoms with Gasteiger partial charge in [0.25, 0.3) is 0 Å². The zero-order valence-corrected chi connectivity index (χ0v) is 12.0. The average Bonchev–Trinajstić information content (AvgIpc) is 3.14. The summed E-state index contributed by atoms with van der Waals surface area (Å²) < 4.78 is 0. The van der Waals surface area contributed by atoms with E-state index in [4.69, 9.17) is 10.9 Å². The Morgan fingerprint density at radius 3 is 2.25 bits per heavy atom. The third kappa shape index (κ3) is 2.50. The quantitative estimate of drug-likeness (QED) is 0.243. The molecule has 5 nitrogen and oxygen atoms in total. The molecule has 0 aromatic rings. The number of hydrogen-bond acceptors (Lipinski definition) is 3. The zero-order valence-electron chi connectivity index (χ0n) is 12.0. The van der Waals surface area contributed by atoms with Crippen molar-refractivity contribution < 1.29 is 10.0 Å². The SMILES string of the molecule is NC(=NO)C1(NC(=O)C2CC3CC3C2)CCCCCC1. The summed E-state index contributed by atoms with van der Waals surface area (Å²) in [5, 5.41) is 15.4. The highest BCUT2D eigenvalue weighted by atomic mass is 16.4. The number of amidine groups is 1. The molecule has 112 valence electrons. The zero-order chi connectivity index (χ0) is 14.2. The molecule has 0 heterocycles. The van der Waals surface area contributed by atoms with E-state index in [2.05, 4.69) is 10.5 Å². The summed E-state index contributed by atoms with van der Waals surface area (Å²) >= 11 is 0. The van der Waals surface area contributed by atoms with E-state index < -0.39 is 5.54 Å². The lowest BCUT2D eigenvalue weighted by Crippen LogP contribution is -2.58. The Bertz CT molecular complexity index is 403. The maximum absolute atomic E-state index is 12.5. The third-order valence-corrected chi connectivity index (χ3v) is 5.53. The van der Waals surface area contributed by atoms with Crippen molar-refractivity contribution in [2.24, 2.45) is 28.6 Å². The molecule has 3 rings (SSSR count). The summed E-state index contributed by atoms with van der Waals surface area (Å²) in [4.78, 5) is 12.5. The van der Waals surface area contributed by atoms with Crippen LogP contribution in [0.15, 0.2) is 5.16 Å². The van der Waals surface area contributed by atoms with Gasteiger partial charge in [-0.1, -0.05) is 30.8 Å². The van der Waals surface area contributed by atoms with E-state index in [1.807, 2.05) is 0 Å². The van der Waals surface area contributed by atoms with Gasteiger partial charge in [-0.2, -0.15) is 0 Å². The van der Waals surface area contributed by atoms with Gasteiger partial charge in [0.15, 0.2) is 5.84 Å². The molecule has 0 saturated heterocycles. The number of oxime groups is 1. The number of rotatable bonds is 3. The Balaban J connectivity index is 1.70. The Morgan fingerprint density at radius 1 is 1.10 bits per heavy atom. The lowest BCUT2D eigenvalue weighted by Gasteiger charge is -2.33. The minimum atomic E-state index is -0.616. The van der Waals surface area contributed by atoms with Crippen molar-refractivity contribution in [3.05, 3.63) is 0 Å². The van der Waals surface area contributed by atoms with Gasteiger partial charge < -0.3 is 16.3 Å². The lowest BCUT2D eigenvalue weighted by molar-refractivity contribution is -0.126. The molecule has 3 aliphatic carbocycles. The maximum atomic E-state index is 12.5. The van der Waals surface area contributed by atoms with Gasteiger partial charge in [0.05, 0.1) is 0 Å². The number of fused-ring (bicyclic) bond motifs is 1. The first-order valence-corrected chi connectivity index (χ1v) is 7.95. The van der Waals surface area contributed by atoms with Gasteiger partial charge in [0, 0.05) is 5.92 Å². The molecule has 4 N–H and O–H groups in total. The van der Waals surface area contributed by atoms with E-state index in [9.17, 15) is 4.79 Å². The third-order valence-electron chi connectivity index (χ3n) is 5.53. The van der Waals surface area contributed by atoms with E-state index in [-0.39, 0.29) is 17.7 Å². The van der Waals surface area contributed by atoms with Gasteiger partial charge in [-0.25, -0.2) is 0 Å². The number of nitrogens with zero attached hydrogens (tertiary/aromatic N) is 1. The Hall–Kier alpha value is -1.26. The van der Waals surface area contributed by atoms with Crippen LogP contribution in [0.5, 0.6) is 0 Å². The standard InChI is InChI=1S/C15H25N3O2/c16-14(18-20)15(5-3-1-2-4-6-15)17-13(19)12-8-10-7-11(10)9-12/h10-12,20H,1-9H2,(H2,16,18)(H,17,19). The van der Waals surface area contributed by atoms with Crippen LogP contribution in [0.2, 0.25) is 0 Å². The van der Waals surface area contributed by atoms with E-state index in [0.29, 0.717) is 0 Å². The Labute approximate surface area is 120 Å². The molecule has 20 heavy (non-hydrogen) atoms. The molecule has 0 bridgehead atoms. The van der Waals surface area contributed by atoms with Crippen molar-refractivity contribution in [3.8, 4) is 0 Å². The molecule has 0 aromatic carbocycles. The molecule has 0 aliphatic heterocycles. The maximum Gasteiger partial charge on any atom is 0.223 e. The first kappa shape index (κ1) is 13.7. The molecule has 3 aliphatic rings. The monoisotopic (exact) mass is 279 g/mol. The van der Waals surface area contributed by atoms with Crippen molar-refractivity contribution in [2.75, 3.05) is 0 Å². The van der Waals surface area contributed by atoms with Crippen LogP contribution in [0.1, 0.15) is 57.8 Å². The number of nitrogens with one attached hydrogen (secondary N) is 1.